The highest BCUT2D eigenvalue weighted by Crippen LogP contribution is 2.24. The van der Waals surface area contributed by atoms with Crippen LogP contribution in [-0.2, 0) is 21.2 Å². The second-order valence-electron chi connectivity index (χ2n) is 8.00. The predicted octanol–water partition coefficient (Wildman–Crippen LogP) is 5.80. The van der Waals surface area contributed by atoms with Gasteiger partial charge < -0.3 is 5.32 Å². The summed E-state index contributed by atoms with van der Waals surface area (Å²) in [5.41, 5.74) is 5.02. The van der Waals surface area contributed by atoms with Crippen LogP contribution in [0.5, 0.6) is 0 Å². The van der Waals surface area contributed by atoms with Crippen LogP contribution in [0.2, 0.25) is 0 Å². The van der Waals surface area contributed by atoms with E-state index < -0.39 is 10.0 Å². The van der Waals surface area contributed by atoms with Crippen molar-refractivity contribution in [2.75, 3.05) is 10.0 Å². The van der Waals surface area contributed by atoms with Crippen molar-refractivity contribution in [3.63, 3.8) is 0 Å². The summed E-state index contributed by atoms with van der Waals surface area (Å²) < 4.78 is 27.8. The van der Waals surface area contributed by atoms with E-state index in [0.29, 0.717) is 12.1 Å². The number of aromatic nitrogens is 1. The van der Waals surface area contributed by atoms with Crippen LogP contribution in [0.3, 0.4) is 0 Å². The third kappa shape index (κ3) is 6.09. The molecule has 0 radical (unpaired) electrons. The first kappa shape index (κ1) is 23.7. The lowest BCUT2D eigenvalue weighted by molar-refractivity contribution is -0.116. The molecular weight excluding hydrogens is 466 g/mol. The lowest BCUT2D eigenvalue weighted by atomic mass is 10.1. The number of benzene rings is 3. The predicted molar refractivity (Wildman–Crippen MR) is 138 cm³/mol. The molecule has 1 aromatic heterocycles. The molecule has 0 spiro atoms. The number of carbonyl (C=O) groups is 1. The average molecular weight is 492 g/mol. The van der Waals surface area contributed by atoms with Gasteiger partial charge in [0.1, 0.15) is 0 Å². The van der Waals surface area contributed by atoms with Gasteiger partial charge in [0.2, 0.25) is 5.91 Å². The highest BCUT2D eigenvalue weighted by molar-refractivity contribution is 7.92. The number of hydrogen-bond donors (Lipinski definition) is 2. The summed E-state index contributed by atoms with van der Waals surface area (Å²) in [6, 6.07) is 21.4. The van der Waals surface area contributed by atoms with Gasteiger partial charge in [-0.1, -0.05) is 42.0 Å². The fourth-order valence-electron chi connectivity index (χ4n) is 3.40. The molecule has 0 fully saturated rings. The second kappa shape index (κ2) is 10.2. The molecule has 4 aromatic rings. The van der Waals surface area contributed by atoms with E-state index in [1.54, 1.807) is 47.7 Å². The zero-order valence-corrected chi connectivity index (χ0v) is 20.5. The molecule has 0 aliphatic carbocycles. The topological polar surface area (TPSA) is 88.2 Å². The van der Waals surface area contributed by atoms with Crippen LogP contribution >= 0.6 is 11.3 Å². The number of sulfonamides is 1. The first-order chi connectivity index (χ1) is 16.3. The number of aryl methyl sites for hydroxylation is 3. The van der Waals surface area contributed by atoms with E-state index in [-0.39, 0.29) is 17.2 Å². The van der Waals surface area contributed by atoms with Gasteiger partial charge in [-0.2, -0.15) is 0 Å². The number of thiazole rings is 1. The fourth-order valence-corrected chi connectivity index (χ4v) is 5.09. The zero-order chi connectivity index (χ0) is 24.1. The Morgan fingerprint density at radius 2 is 1.68 bits per heavy atom. The Kier molecular flexibility index (Phi) is 7.09. The molecular formula is C26H25N3O3S2. The summed E-state index contributed by atoms with van der Waals surface area (Å²) >= 11 is 1.59. The SMILES string of the molecule is Cc1ccc(NS(=O)(=O)c2ccc(CCC(=O)Nc3cccc(-c4csc(C)n4)c3)cc2)cc1. The molecule has 174 valence electrons. The Morgan fingerprint density at radius 1 is 0.941 bits per heavy atom. The van der Waals surface area contributed by atoms with Crippen molar-refractivity contribution in [1.29, 1.82) is 0 Å². The summed E-state index contributed by atoms with van der Waals surface area (Å²) in [4.78, 5) is 17.1. The molecule has 0 saturated carbocycles. The van der Waals surface area contributed by atoms with Gasteiger partial charge in [0.25, 0.3) is 10.0 Å². The molecule has 1 heterocycles. The van der Waals surface area contributed by atoms with E-state index in [4.69, 9.17) is 0 Å². The fraction of sp³-hybridized carbons (Fsp3) is 0.154. The van der Waals surface area contributed by atoms with Gasteiger partial charge >= 0.3 is 0 Å². The first-order valence-corrected chi connectivity index (χ1v) is 13.2. The molecule has 2 N–H and O–H groups in total. The van der Waals surface area contributed by atoms with Crippen molar-refractivity contribution < 1.29 is 13.2 Å². The van der Waals surface area contributed by atoms with Crippen LogP contribution in [-0.4, -0.2) is 19.3 Å². The maximum absolute atomic E-state index is 12.6. The summed E-state index contributed by atoms with van der Waals surface area (Å²) in [5.74, 6) is -0.107. The Bertz CT molecular complexity index is 1390. The smallest absolute Gasteiger partial charge is 0.261 e. The summed E-state index contributed by atoms with van der Waals surface area (Å²) in [6.45, 7) is 3.90. The van der Waals surface area contributed by atoms with Gasteiger partial charge in [0.15, 0.2) is 0 Å². The van der Waals surface area contributed by atoms with E-state index in [9.17, 15) is 13.2 Å². The number of carbonyl (C=O) groups excluding carboxylic acids is 1. The Labute approximate surface area is 203 Å². The minimum absolute atomic E-state index is 0.107. The van der Waals surface area contributed by atoms with Gasteiger partial charge in [-0.15, -0.1) is 11.3 Å². The molecule has 0 aliphatic rings. The van der Waals surface area contributed by atoms with Gasteiger partial charge in [0, 0.05) is 28.7 Å². The molecule has 0 bridgehead atoms. The van der Waals surface area contributed by atoms with Crippen LogP contribution in [0.25, 0.3) is 11.3 Å². The average Bonchev–Trinajstić information content (AvgIpc) is 3.26. The van der Waals surface area contributed by atoms with E-state index in [2.05, 4.69) is 15.0 Å². The normalized spacial score (nSPS) is 11.2. The molecule has 0 atom stereocenters. The standard InChI is InChI=1S/C26H25N3O3S2/c1-18-6-11-22(12-7-18)29-34(31,32)24-13-8-20(9-14-24)10-15-26(30)28-23-5-3-4-21(16-23)25-17-33-19(2)27-25/h3-9,11-14,16-17,29H,10,15H2,1-2H3,(H,28,30). The zero-order valence-electron chi connectivity index (χ0n) is 18.9. The number of nitrogens with zero attached hydrogens (tertiary/aromatic N) is 1. The molecule has 6 nitrogen and oxygen atoms in total. The Morgan fingerprint density at radius 3 is 2.35 bits per heavy atom. The van der Waals surface area contributed by atoms with Gasteiger partial charge in [0.05, 0.1) is 15.6 Å². The molecule has 0 unspecified atom stereocenters. The minimum atomic E-state index is -3.67. The van der Waals surface area contributed by atoms with Crippen LogP contribution in [0.15, 0.2) is 83.1 Å². The minimum Gasteiger partial charge on any atom is -0.326 e. The van der Waals surface area contributed by atoms with E-state index in [1.165, 1.54) is 0 Å². The molecule has 3 aromatic carbocycles. The number of rotatable bonds is 8. The molecule has 34 heavy (non-hydrogen) atoms. The second-order valence-corrected chi connectivity index (χ2v) is 10.7. The maximum Gasteiger partial charge on any atom is 0.261 e. The summed E-state index contributed by atoms with van der Waals surface area (Å²) in [5, 5.41) is 5.92. The lowest BCUT2D eigenvalue weighted by Crippen LogP contribution is -2.13. The maximum atomic E-state index is 12.6. The van der Waals surface area contributed by atoms with Crippen molar-refractivity contribution in [2.45, 2.75) is 31.6 Å². The van der Waals surface area contributed by atoms with Gasteiger partial charge in [-0.25, -0.2) is 13.4 Å². The van der Waals surface area contributed by atoms with Crippen molar-refractivity contribution in [3.05, 3.63) is 94.3 Å². The van der Waals surface area contributed by atoms with Gasteiger partial charge in [-0.3, -0.25) is 9.52 Å². The van der Waals surface area contributed by atoms with E-state index >= 15 is 0 Å². The van der Waals surface area contributed by atoms with Crippen molar-refractivity contribution in [2.24, 2.45) is 0 Å². The van der Waals surface area contributed by atoms with Crippen molar-refractivity contribution in [3.8, 4) is 11.3 Å². The third-order valence-electron chi connectivity index (χ3n) is 5.24. The summed E-state index contributed by atoms with van der Waals surface area (Å²) in [7, 11) is -3.67. The highest BCUT2D eigenvalue weighted by atomic mass is 32.2. The van der Waals surface area contributed by atoms with Crippen LogP contribution < -0.4 is 10.0 Å². The lowest BCUT2D eigenvalue weighted by Gasteiger charge is -2.10. The van der Waals surface area contributed by atoms with Crippen LogP contribution in [0, 0.1) is 13.8 Å². The molecule has 8 heteroatoms. The molecule has 1 amide bonds. The number of anilines is 2. The van der Waals surface area contributed by atoms with E-state index in [0.717, 1.165) is 33.1 Å². The Hall–Kier alpha value is -3.49. The quantitative estimate of drug-likeness (QED) is 0.326. The number of nitrogens with one attached hydrogen (secondary N) is 2. The molecule has 0 aliphatic heterocycles. The summed E-state index contributed by atoms with van der Waals surface area (Å²) in [6.07, 6.45) is 0.788. The number of hydrogen-bond acceptors (Lipinski definition) is 5. The Balaban J connectivity index is 1.33. The first-order valence-electron chi connectivity index (χ1n) is 10.8. The molecule has 0 saturated heterocycles. The highest BCUT2D eigenvalue weighted by Gasteiger charge is 2.14. The number of amides is 1. The van der Waals surface area contributed by atoms with Crippen LogP contribution in [0.1, 0.15) is 22.6 Å². The monoisotopic (exact) mass is 491 g/mol. The largest absolute Gasteiger partial charge is 0.326 e. The van der Waals surface area contributed by atoms with E-state index in [1.807, 2.05) is 55.6 Å². The van der Waals surface area contributed by atoms with Crippen molar-refractivity contribution in [1.82, 2.24) is 4.98 Å². The van der Waals surface area contributed by atoms with Crippen LogP contribution in [0.4, 0.5) is 11.4 Å². The van der Waals surface area contributed by atoms with Crippen molar-refractivity contribution >= 4 is 38.6 Å². The molecule has 4 rings (SSSR count). The third-order valence-corrected chi connectivity index (χ3v) is 7.41. The van der Waals surface area contributed by atoms with Gasteiger partial charge in [-0.05, 0) is 62.2 Å².